The standard InChI is InChI=1S/C20H35NO2S/c1-16-8-5-6-12-19(16)23-15-20(22)21(14-18-11-7-13-24-18)17-9-3-2-4-10-17/h16-19H,2-15H2,1H3. The highest BCUT2D eigenvalue weighted by Crippen LogP contribution is 2.30. The predicted octanol–water partition coefficient (Wildman–Crippen LogP) is 4.64. The first-order chi connectivity index (χ1) is 11.7. The van der Waals surface area contributed by atoms with Gasteiger partial charge >= 0.3 is 0 Å². The minimum atomic E-state index is 0.257. The third kappa shape index (κ3) is 5.14. The summed E-state index contributed by atoms with van der Waals surface area (Å²) in [4.78, 5) is 15.2. The summed E-state index contributed by atoms with van der Waals surface area (Å²) in [5.41, 5.74) is 0. The van der Waals surface area contributed by atoms with E-state index in [0.717, 1.165) is 13.0 Å². The molecule has 0 aromatic rings. The maximum absolute atomic E-state index is 13.0. The molecule has 4 heteroatoms. The summed E-state index contributed by atoms with van der Waals surface area (Å²) in [5.74, 6) is 2.14. The largest absolute Gasteiger partial charge is 0.368 e. The summed E-state index contributed by atoms with van der Waals surface area (Å²) in [6.45, 7) is 3.54. The number of nitrogens with zero attached hydrogens (tertiary/aromatic N) is 1. The zero-order valence-electron chi connectivity index (χ0n) is 15.4. The second kappa shape index (κ2) is 9.47. The van der Waals surface area contributed by atoms with Crippen molar-refractivity contribution in [2.45, 2.75) is 94.9 Å². The van der Waals surface area contributed by atoms with Gasteiger partial charge in [-0.05, 0) is 50.2 Å². The molecule has 1 heterocycles. The van der Waals surface area contributed by atoms with E-state index in [1.165, 1.54) is 70.0 Å². The Kier molecular flexibility index (Phi) is 7.33. The van der Waals surface area contributed by atoms with E-state index in [2.05, 4.69) is 23.6 Å². The van der Waals surface area contributed by atoms with Crippen LogP contribution in [0.4, 0.5) is 0 Å². The fourth-order valence-electron chi connectivity index (χ4n) is 4.65. The Balaban J connectivity index is 1.54. The highest BCUT2D eigenvalue weighted by molar-refractivity contribution is 8.00. The molecule has 2 saturated carbocycles. The molecule has 0 aromatic carbocycles. The molecule has 138 valence electrons. The van der Waals surface area contributed by atoms with Crippen LogP contribution in [0.15, 0.2) is 0 Å². The van der Waals surface area contributed by atoms with E-state index in [1.807, 2.05) is 0 Å². The number of thioether (sulfide) groups is 1. The SMILES string of the molecule is CC1CCCCC1OCC(=O)N(CC1CCCS1)C1CCCCC1. The van der Waals surface area contributed by atoms with Gasteiger partial charge in [0.25, 0.3) is 0 Å². The monoisotopic (exact) mass is 353 g/mol. The van der Waals surface area contributed by atoms with Crippen molar-refractivity contribution in [3.63, 3.8) is 0 Å². The van der Waals surface area contributed by atoms with Crippen molar-refractivity contribution < 1.29 is 9.53 Å². The van der Waals surface area contributed by atoms with Gasteiger partial charge in [-0.1, -0.05) is 39.0 Å². The van der Waals surface area contributed by atoms with Crippen molar-refractivity contribution >= 4 is 17.7 Å². The van der Waals surface area contributed by atoms with Gasteiger partial charge in [0.05, 0.1) is 6.10 Å². The first-order valence-corrected chi connectivity index (χ1v) is 11.3. The number of ether oxygens (including phenoxy) is 1. The topological polar surface area (TPSA) is 29.5 Å². The molecule has 3 unspecified atom stereocenters. The Bertz CT molecular complexity index is 391. The van der Waals surface area contributed by atoms with Crippen LogP contribution >= 0.6 is 11.8 Å². The third-order valence-corrected chi connectivity index (χ3v) is 7.59. The van der Waals surface area contributed by atoms with Crippen molar-refractivity contribution in [2.24, 2.45) is 5.92 Å². The maximum atomic E-state index is 13.0. The Morgan fingerprint density at radius 1 is 1.00 bits per heavy atom. The first kappa shape index (κ1) is 18.6. The van der Waals surface area contributed by atoms with Crippen molar-refractivity contribution in [1.82, 2.24) is 4.90 Å². The molecule has 3 atom stereocenters. The molecule has 0 aromatic heterocycles. The normalized spacial score (nSPS) is 32.0. The summed E-state index contributed by atoms with van der Waals surface area (Å²) >= 11 is 2.06. The second-order valence-corrected chi connectivity index (χ2v) is 9.49. The van der Waals surface area contributed by atoms with Gasteiger partial charge in [0.1, 0.15) is 6.61 Å². The van der Waals surface area contributed by atoms with E-state index in [1.54, 1.807) is 0 Å². The molecule has 1 saturated heterocycles. The number of hydrogen-bond acceptors (Lipinski definition) is 3. The Labute approximate surface area is 152 Å². The predicted molar refractivity (Wildman–Crippen MR) is 101 cm³/mol. The van der Waals surface area contributed by atoms with Gasteiger partial charge in [-0.25, -0.2) is 0 Å². The van der Waals surface area contributed by atoms with E-state index in [4.69, 9.17) is 4.74 Å². The molecule has 0 bridgehead atoms. The molecule has 1 aliphatic heterocycles. The minimum Gasteiger partial charge on any atom is -0.368 e. The number of carbonyl (C=O) groups is 1. The molecular formula is C20H35NO2S. The Hall–Kier alpha value is -0.220. The molecule has 1 amide bonds. The summed E-state index contributed by atoms with van der Waals surface area (Å²) < 4.78 is 6.10. The van der Waals surface area contributed by atoms with Gasteiger partial charge in [0.2, 0.25) is 5.91 Å². The van der Waals surface area contributed by atoms with E-state index in [9.17, 15) is 4.79 Å². The molecular weight excluding hydrogens is 318 g/mol. The van der Waals surface area contributed by atoms with E-state index in [0.29, 0.717) is 29.9 Å². The van der Waals surface area contributed by atoms with Crippen LogP contribution in [0.25, 0.3) is 0 Å². The van der Waals surface area contributed by atoms with Gasteiger partial charge in [-0.2, -0.15) is 11.8 Å². The number of carbonyl (C=O) groups excluding carboxylic acids is 1. The van der Waals surface area contributed by atoms with Gasteiger partial charge in [-0.3, -0.25) is 4.79 Å². The van der Waals surface area contributed by atoms with Crippen LogP contribution in [0.2, 0.25) is 0 Å². The number of hydrogen-bond donors (Lipinski definition) is 0. The van der Waals surface area contributed by atoms with Crippen LogP contribution in [0, 0.1) is 5.92 Å². The van der Waals surface area contributed by atoms with Crippen LogP contribution in [0.1, 0.15) is 77.6 Å². The second-order valence-electron chi connectivity index (χ2n) is 8.08. The lowest BCUT2D eigenvalue weighted by Crippen LogP contribution is -2.46. The molecule has 0 radical (unpaired) electrons. The van der Waals surface area contributed by atoms with E-state index in [-0.39, 0.29) is 5.91 Å². The summed E-state index contributed by atoms with van der Waals surface area (Å²) in [7, 11) is 0. The van der Waals surface area contributed by atoms with E-state index < -0.39 is 0 Å². The molecule has 3 nitrogen and oxygen atoms in total. The highest BCUT2D eigenvalue weighted by atomic mass is 32.2. The molecule has 24 heavy (non-hydrogen) atoms. The van der Waals surface area contributed by atoms with Crippen LogP contribution in [0.3, 0.4) is 0 Å². The lowest BCUT2D eigenvalue weighted by molar-refractivity contribution is -0.143. The zero-order valence-corrected chi connectivity index (χ0v) is 16.2. The quantitative estimate of drug-likeness (QED) is 0.697. The smallest absolute Gasteiger partial charge is 0.248 e. The number of rotatable bonds is 6. The molecule has 3 aliphatic rings. The molecule has 0 spiro atoms. The first-order valence-electron chi connectivity index (χ1n) is 10.3. The molecule has 2 aliphatic carbocycles. The van der Waals surface area contributed by atoms with Crippen LogP contribution in [0.5, 0.6) is 0 Å². The summed E-state index contributed by atoms with van der Waals surface area (Å²) in [5, 5.41) is 0.657. The molecule has 3 rings (SSSR count). The van der Waals surface area contributed by atoms with Gasteiger partial charge in [-0.15, -0.1) is 0 Å². The fraction of sp³-hybridized carbons (Fsp3) is 0.950. The van der Waals surface area contributed by atoms with Crippen LogP contribution in [-0.4, -0.2) is 47.1 Å². The van der Waals surface area contributed by atoms with Crippen LogP contribution in [-0.2, 0) is 9.53 Å². The highest BCUT2D eigenvalue weighted by Gasteiger charge is 2.30. The maximum Gasteiger partial charge on any atom is 0.248 e. The third-order valence-electron chi connectivity index (χ3n) is 6.21. The average molecular weight is 354 g/mol. The van der Waals surface area contributed by atoms with Crippen molar-refractivity contribution in [2.75, 3.05) is 18.9 Å². The molecule has 3 fully saturated rings. The van der Waals surface area contributed by atoms with Crippen molar-refractivity contribution in [3.05, 3.63) is 0 Å². The molecule has 0 N–H and O–H groups in total. The van der Waals surface area contributed by atoms with E-state index >= 15 is 0 Å². The average Bonchev–Trinajstić information content (AvgIpc) is 3.13. The van der Waals surface area contributed by atoms with Gasteiger partial charge in [0, 0.05) is 17.8 Å². The van der Waals surface area contributed by atoms with Gasteiger partial charge in [0.15, 0.2) is 0 Å². The summed E-state index contributed by atoms with van der Waals surface area (Å²) in [6.07, 6.45) is 14.2. The van der Waals surface area contributed by atoms with Crippen molar-refractivity contribution in [1.29, 1.82) is 0 Å². The fourth-order valence-corrected chi connectivity index (χ4v) is 5.91. The Morgan fingerprint density at radius 2 is 1.75 bits per heavy atom. The van der Waals surface area contributed by atoms with Gasteiger partial charge < -0.3 is 9.64 Å². The lowest BCUT2D eigenvalue weighted by atomic mass is 9.88. The number of amides is 1. The summed E-state index contributed by atoms with van der Waals surface area (Å²) in [6, 6.07) is 0.472. The zero-order chi connectivity index (χ0) is 16.8. The lowest BCUT2D eigenvalue weighted by Gasteiger charge is -2.37. The Morgan fingerprint density at radius 3 is 2.46 bits per heavy atom. The minimum absolute atomic E-state index is 0.257. The van der Waals surface area contributed by atoms with Crippen molar-refractivity contribution in [3.8, 4) is 0 Å². The van der Waals surface area contributed by atoms with Crippen LogP contribution < -0.4 is 0 Å².